The first-order chi connectivity index (χ1) is 12.5. The van der Waals surface area contributed by atoms with E-state index in [2.05, 4.69) is 16.8 Å². The molecule has 3 heterocycles. The van der Waals surface area contributed by atoms with Gasteiger partial charge in [-0.05, 0) is 44.3 Å². The first-order valence-corrected chi connectivity index (χ1v) is 10.5. The van der Waals surface area contributed by atoms with Crippen molar-refractivity contribution in [3.8, 4) is 0 Å². The van der Waals surface area contributed by atoms with Gasteiger partial charge in [-0.1, -0.05) is 13.3 Å². The average molecular weight is 377 g/mol. The Morgan fingerprint density at radius 3 is 2.58 bits per heavy atom. The van der Waals surface area contributed by atoms with Crippen molar-refractivity contribution in [2.75, 3.05) is 25.4 Å². The molecule has 0 aliphatic carbocycles. The zero-order chi connectivity index (χ0) is 18.7. The molecule has 142 valence electrons. The Kier molecular flexibility index (Phi) is 6.19. The monoisotopic (exact) mass is 376 g/mol. The standard InChI is InChI=1S/C19H28N4O2S/c1-4-5-8-14-13-20-17-15(18(24)22(3)19(25)21(17)2)16(14)26-12-11-23-9-6-7-10-23/h13H,4-12H2,1-3H3. The molecule has 0 aromatic carbocycles. The molecule has 0 unspecified atom stereocenters. The molecule has 0 amide bonds. The van der Waals surface area contributed by atoms with Crippen LogP contribution in [0, 0.1) is 0 Å². The number of hydrogen-bond donors (Lipinski definition) is 0. The van der Waals surface area contributed by atoms with Gasteiger partial charge < -0.3 is 4.90 Å². The lowest BCUT2D eigenvalue weighted by molar-refractivity contribution is 0.362. The molecule has 1 aliphatic heterocycles. The molecule has 0 radical (unpaired) electrons. The van der Waals surface area contributed by atoms with E-state index < -0.39 is 0 Å². The van der Waals surface area contributed by atoms with Gasteiger partial charge >= 0.3 is 5.69 Å². The van der Waals surface area contributed by atoms with Gasteiger partial charge in [-0.2, -0.15) is 0 Å². The van der Waals surface area contributed by atoms with Crippen molar-refractivity contribution in [3.63, 3.8) is 0 Å². The molecule has 0 N–H and O–H groups in total. The second-order valence-electron chi connectivity index (χ2n) is 7.02. The molecule has 0 spiro atoms. The summed E-state index contributed by atoms with van der Waals surface area (Å²) in [6.45, 7) is 5.55. The van der Waals surface area contributed by atoms with Crippen molar-refractivity contribution in [2.24, 2.45) is 14.1 Å². The molecule has 1 aliphatic rings. The molecule has 0 saturated carbocycles. The molecule has 3 rings (SSSR count). The topological polar surface area (TPSA) is 60.1 Å². The fourth-order valence-corrected chi connectivity index (χ4v) is 4.75. The molecule has 0 bridgehead atoms. The average Bonchev–Trinajstić information content (AvgIpc) is 3.16. The van der Waals surface area contributed by atoms with Gasteiger partial charge in [0.1, 0.15) is 5.65 Å². The third-order valence-corrected chi connectivity index (χ3v) is 6.29. The lowest BCUT2D eigenvalue weighted by Crippen LogP contribution is -2.37. The molecule has 2 aromatic rings. The van der Waals surface area contributed by atoms with Crippen molar-refractivity contribution in [1.82, 2.24) is 19.0 Å². The first-order valence-electron chi connectivity index (χ1n) is 9.47. The Hall–Kier alpha value is -1.60. The number of rotatable bonds is 7. The molecular weight excluding hydrogens is 348 g/mol. The van der Waals surface area contributed by atoms with Crippen LogP contribution in [0.15, 0.2) is 20.7 Å². The van der Waals surface area contributed by atoms with E-state index in [1.165, 1.54) is 35.1 Å². The van der Waals surface area contributed by atoms with Gasteiger partial charge in [0.15, 0.2) is 0 Å². The molecule has 0 atom stereocenters. The lowest BCUT2D eigenvalue weighted by Gasteiger charge is -2.17. The third kappa shape index (κ3) is 3.74. The maximum Gasteiger partial charge on any atom is 0.332 e. The number of aromatic nitrogens is 3. The molecule has 6 nitrogen and oxygen atoms in total. The number of likely N-dealkylation sites (tertiary alicyclic amines) is 1. The van der Waals surface area contributed by atoms with Crippen molar-refractivity contribution in [3.05, 3.63) is 32.6 Å². The maximum atomic E-state index is 12.9. The van der Waals surface area contributed by atoms with Crippen LogP contribution in [0.4, 0.5) is 0 Å². The van der Waals surface area contributed by atoms with E-state index in [4.69, 9.17) is 0 Å². The summed E-state index contributed by atoms with van der Waals surface area (Å²) in [4.78, 5) is 33.0. The molecule has 1 fully saturated rings. The van der Waals surface area contributed by atoms with E-state index in [9.17, 15) is 9.59 Å². The summed E-state index contributed by atoms with van der Waals surface area (Å²) in [5.74, 6) is 0.949. The number of nitrogens with zero attached hydrogens (tertiary/aromatic N) is 4. The Balaban J connectivity index is 2.02. The van der Waals surface area contributed by atoms with Gasteiger partial charge in [0.25, 0.3) is 5.56 Å². The van der Waals surface area contributed by atoms with Crippen LogP contribution in [-0.2, 0) is 20.5 Å². The fraction of sp³-hybridized carbons (Fsp3) is 0.632. The number of unbranched alkanes of at least 4 members (excludes halogenated alkanes) is 1. The van der Waals surface area contributed by atoms with E-state index in [0.717, 1.165) is 42.0 Å². The second kappa shape index (κ2) is 8.39. The predicted octanol–water partition coefficient (Wildman–Crippen LogP) is 2.16. The first kappa shape index (κ1) is 19.2. The second-order valence-corrected chi connectivity index (χ2v) is 8.12. The molecular formula is C19H28N4O2S. The minimum atomic E-state index is -0.329. The quantitative estimate of drug-likeness (QED) is 0.693. The summed E-state index contributed by atoms with van der Waals surface area (Å²) >= 11 is 1.74. The normalized spacial score (nSPS) is 15.2. The molecule has 7 heteroatoms. The minimum Gasteiger partial charge on any atom is -0.303 e. The zero-order valence-electron chi connectivity index (χ0n) is 16.0. The van der Waals surface area contributed by atoms with Crippen LogP contribution in [-0.4, -0.2) is 44.4 Å². The maximum absolute atomic E-state index is 12.9. The van der Waals surface area contributed by atoms with Gasteiger partial charge in [-0.25, -0.2) is 9.78 Å². The fourth-order valence-electron chi connectivity index (χ4n) is 3.53. The van der Waals surface area contributed by atoms with Crippen molar-refractivity contribution in [2.45, 2.75) is 43.9 Å². The number of pyridine rings is 1. The number of hydrogen-bond acceptors (Lipinski definition) is 5. The van der Waals surface area contributed by atoms with Crippen LogP contribution in [0.3, 0.4) is 0 Å². The van der Waals surface area contributed by atoms with Crippen molar-refractivity contribution in [1.29, 1.82) is 0 Å². The summed E-state index contributed by atoms with van der Waals surface area (Å²) in [6.07, 6.45) is 7.51. The van der Waals surface area contributed by atoms with E-state index in [-0.39, 0.29) is 11.2 Å². The molecule has 1 saturated heterocycles. The number of thioether (sulfide) groups is 1. The highest BCUT2D eigenvalue weighted by molar-refractivity contribution is 7.99. The van der Waals surface area contributed by atoms with Crippen molar-refractivity contribution < 1.29 is 0 Å². The van der Waals surface area contributed by atoms with Gasteiger partial charge in [-0.15, -0.1) is 11.8 Å². The highest BCUT2D eigenvalue weighted by Gasteiger charge is 2.18. The van der Waals surface area contributed by atoms with E-state index >= 15 is 0 Å². The van der Waals surface area contributed by atoms with Crippen LogP contribution >= 0.6 is 11.8 Å². The molecule has 2 aromatic heterocycles. The Labute approximate surface area is 158 Å². The zero-order valence-corrected chi connectivity index (χ0v) is 16.8. The van der Waals surface area contributed by atoms with Crippen LogP contribution in [0.2, 0.25) is 0 Å². The smallest absolute Gasteiger partial charge is 0.303 e. The summed E-state index contributed by atoms with van der Waals surface area (Å²) in [6, 6.07) is 0. The summed E-state index contributed by atoms with van der Waals surface area (Å²) < 4.78 is 2.67. The van der Waals surface area contributed by atoms with Crippen LogP contribution in [0.5, 0.6) is 0 Å². The number of fused-ring (bicyclic) bond motifs is 1. The highest BCUT2D eigenvalue weighted by atomic mass is 32.2. The van der Waals surface area contributed by atoms with Crippen LogP contribution in [0.25, 0.3) is 11.0 Å². The number of aryl methyl sites for hydroxylation is 2. The van der Waals surface area contributed by atoms with E-state index in [0.29, 0.717) is 11.0 Å². The minimum absolute atomic E-state index is 0.238. The Bertz CT molecular complexity index is 897. The SMILES string of the molecule is CCCCc1cnc2c(c1SCCN1CCCC1)c(=O)n(C)c(=O)n2C. The summed E-state index contributed by atoms with van der Waals surface area (Å²) in [5.41, 5.74) is 1.05. The van der Waals surface area contributed by atoms with E-state index in [1.807, 2.05) is 6.20 Å². The predicted molar refractivity (Wildman–Crippen MR) is 107 cm³/mol. The highest BCUT2D eigenvalue weighted by Crippen LogP contribution is 2.29. The summed E-state index contributed by atoms with van der Waals surface area (Å²) in [7, 11) is 3.23. The van der Waals surface area contributed by atoms with Gasteiger partial charge in [0.05, 0.1) is 5.39 Å². The van der Waals surface area contributed by atoms with Gasteiger partial charge in [0, 0.05) is 37.5 Å². The summed E-state index contributed by atoms with van der Waals surface area (Å²) in [5, 5.41) is 0.592. The van der Waals surface area contributed by atoms with Gasteiger partial charge in [0.2, 0.25) is 0 Å². The Morgan fingerprint density at radius 2 is 1.88 bits per heavy atom. The van der Waals surface area contributed by atoms with Gasteiger partial charge in [-0.3, -0.25) is 13.9 Å². The van der Waals surface area contributed by atoms with Crippen LogP contribution in [0.1, 0.15) is 38.2 Å². The van der Waals surface area contributed by atoms with Crippen molar-refractivity contribution >= 4 is 22.8 Å². The third-order valence-electron chi connectivity index (χ3n) is 5.15. The van der Waals surface area contributed by atoms with E-state index in [1.54, 1.807) is 25.9 Å². The molecule has 26 heavy (non-hydrogen) atoms. The Morgan fingerprint density at radius 1 is 1.15 bits per heavy atom. The largest absolute Gasteiger partial charge is 0.332 e. The lowest BCUT2D eigenvalue weighted by atomic mass is 10.1. The van der Waals surface area contributed by atoms with Crippen LogP contribution < -0.4 is 11.2 Å².